The number of rotatable bonds is 5. The number of hydrogen-bond donors (Lipinski definition) is 1. The third kappa shape index (κ3) is 3.53. The maximum atomic E-state index is 5.94. The Morgan fingerprint density at radius 2 is 1.65 bits per heavy atom. The second kappa shape index (κ2) is 6.78. The first kappa shape index (κ1) is 14.9. The average molecular weight is 289 g/mol. The van der Waals surface area contributed by atoms with Crippen LogP contribution in [0, 0.1) is 0 Å². The molecule has 2 rings (SSSR count). The van der Waals surface area contributed by atoms with Crippen molar-refractivity contribution < 1.29 is 0 Å². The molecule has 0 saturated heterocycles. The van der Waals surface area contributed by atoms with Gasteiger partial charge < -0.3 is 10.2 Å². The Labute approximate surface area is 126 Å². The van der Waals surface area contributed by atoms with E-state index >= 15 is 0 Å². The standard InChI is InChI=1S/C17H21ClN2/c1-13(15-6-8-16(18)9-7-15)20(3)17-10-4-14(5-11-17)12-19-2/h4-11,13,19H,12H2,1-3H3. The molecule has 2 aromatic rings. The zero-order valence-electron chi connectivity index (χ0n) is 12.2. The van der Waals surface area contributed by atoms with Crippen LogP contribution in [0.3, 0.4) is 0 Å². The number of nitrogens with zero attached hydrogens (tertiary/aromatic N) is 1. The number of hydrogen-bond acceptors (Lipinski definition) is 2. The van der Waals surface area contributed by atoms with Crippen LogP contribution >= 0.6 is 11.6 Å². The van der Waals surface area contributed by atoms with E-state index in [0.29, 0.717) is 6.04 Å². The monoisotopic (exact) mass is 288 g/mol. The van der Waals surface area contributed by atoms with E-state index in [-0.39, 0.29) is 0 Å². The fraction of sp³-hybridized carbons (Fsp3) is 0.294. The van der Waals surface area contributed by atoms with Gasteiger partial charge in [0.2, 0.25) is 0 Å². The molecule has 1 atom stereocenters. The summed E-state index contributed by atoms with van der Waals surface area (Å²) in [4.78, 5) is 2.27. The van der Waals surface area contributed by atoms with Crippen LogP contribution in [0.1, 0.15) is 24.1 Å². The Hall–Kier alpha value is -1.51. The van der Waals surface area contributed by atoms with Crippen molar-refractivity contribution in [3.63, 3.8) is 0 Å². The van der Waals surface area contributed by atoms with Crippen LogP contribution in [0.25, 0.3) is 0 Å². The van der Waals surface area contributed by atoms with Crippen molar-refractivity contribution in [1.29, 1.82) is 0 Å². The summed E-state index contributed by atoms with van der Waals surface area (Å²) in [5.41, 5.74) is 3.77. The molecule has 0 aliphatic rings. The molecule has 0 saturated carbocycles. The lowest BCUT2D eigenvalue weighted by molar-refractivity contribution is 0.739. The molecule has 0 aliphatic heterocycles. The highest BCUT2D eigenvalue weighted by Crippen LogP contribution is 2.26. The molecule has 1 unspecified atom stereocenters. The molecule has 106 valence electrons. The normalized spacial score (nSPS) is 12.2. The number of anilines is 1. The lowest BCUT2D eigenvalue weighted by Crippen LogP contribution is -2.21. The lowest BCUT2D eigenvalue weighted by atomic mass is 10.1. The van der Waals surface area contributed by atoms with Crippen molar-refractivity contribution in [1.82, 2.24) is 5.32 Å². The van der Waals surface area contributed by atoms with Gasteiger partial charge in [-0.2, -0.15) is 0 Å². The van der Waals surface area contributed by atoms with Crippen molar-refractivity contribution in [2.24, 2.45) is 0 Å². The minimum absolute atomic E-state index is 0.308. The van der Waals surface area contributed by atoms with Gasteiger partial charge in [0.15, 0.2) is 0 Å². The van der Waals surface area contributed by atoms with Gasteiger partial charge in [0.1, 0.15) is 0 Å². The van der Waals surface area contributed by atoms with Gasteiger partial charge in [0.25, 0.3) is 0 Å². The van der Waals surface area contributed by atoms with Crippen LogP contribution in [0.2, 0.25) is 5.02 Å². The van der Waals surface area contributed by atoms with Crippen molar-refractivity contribution in [3.05, 3.63) is 64.7 Å². The minimum Gasteiger partial charge on any atom is -0.368 e. The first-order valence-electron chi connectivity index (χ1n) is 6.83. The molecule has 2 nitrogen and oxygen atoms in total. The van der Waals surface area contributed by atoms with E-state index in [0.717, 1.165) is 11.6 Å². The first-order valence-corrected chi connectivity index (χ1v) is 7.21. The van der Waals surface area contributed by atoms with E-state index in [2.05, 4.69) is 60.6 Å². The smallest absolute Gasteiger partial charge is 0.0511 e. The summed E-state index contributed by atoms with van der Waals surface area (Å²) < 4.78 is 0. The zero-order chi connectivity index (χ0) is 14.5. The molecule has 0 bridgehead atoms. The third-order valence-corrected chi connectivity index (χ3v) is 3.91. The predicted molar refractivity (Wildman–Crippen MR) is 87.5 cm³/mol. The Morgan fingerprint density at radius 3 is 2.20 bits per heavy atom. The Morgan fingerprint density at radius 1 is 1.05 bits per heavy atom. The van der Waals surface area contributed by atoms with Gasteiger partial charge in [-0.3, -0.25) is 0 Å². The van der Waals surface area contributed by atoms with E-state index in [1.807, 2.05) is 19.2 Å². The molecule has 3 heteroatoms. The molecular weight excluding hydrogens is 268 g/mol. The molecule has 0 aliphatic carbocycles. The van der Waals surface area contributed by atoms with Gasteiger partial charge in [0, 0.05) is 24.3 Å². The summed E-state index contributed by atoms with van der Waals surface area (Å²) in [6.45, 7) is 3.10. The maximum absolute atomic E-state index is 5.94. The van der Waals surface area contributed by atoms with Crippen LogP contribution in [0.15, 0.2) is 48.5 Å². The third-order valence-electron chi connectivity index (χ3n) is 3.66. The summed E-state index contributed by atoms with van der Waals surface area (Å²) in [6, 6.07) is 17.0. The highest BCUT2D eigenvalue weighted by Gasteiger charge is 2.12. The molecule has 20 heavy (non-hydrogen) atoms. The largest absolute Gasteiger partial charge is 0.368 e. The fourth-order valence-electron chi connectivity index (χ4n) is 2.24. The van der Waals surface area contributed by atoms with Gasteiger partial charge in [-0.05, 0) is 49.4 Å². The number of halogens is 1. The van der Waals surface area contributed by atoms with Crippen molar-refractivity contribution in [2.45, 2.75) is 19.5 Å². The van der Waals surface area contributed by atoms with E-state index in [1.165, 1.54) is 16.8 Å². The quantitative estimate of drug-likeness (QED) is 0.884. The Balaban J connectivity index is 2.13. The predicted octanol–water partition coefficient (Wildman–Crippen LogP) is 4.26. The van der Waals surface area contributed by atoms with Crippen molar-refractivity contribution in [3.8, 4) is 0 Å². The molecule has 0 spiro atoms. The Kier molecular flexibility index (Phi) is 5.05. The van der Waals surface area contributed by atoms with E-state index < -0.39 is 0 Å². The maximum Gasteiger partial charge on any atom is 0.0511 e. The molecule has 0 amide bonds. The van der Waals surface area contributed by atoms with E-state index in [9.17, 15) is 0 Å². The molecule has 0 radical (unpaired) electrons. The van der Waals surface area contributed by atoms with Gasteiger partial charge in [0.05, 0.1) is 6.04 Å². The summed E-state index contributed by atoms with van der Waals surface area (Å²) in [5.74, 6) is 0. The van der Waals surface area contributed by atoms with Crippen molar-refractivity contribution >= 4 is 17.3 Å². The zero-order valence-corrected chi connectivity index (χ0v) is 13.0. The first-order chi connectivity index (χ1) is 9.61. The van der Waals surface area contributed by atoms with Gasteiger partial charge in [-0.15, -0.1) is 0 Å². The fourth-order valence-corrected chi connectivity index (χ4v) is 2.37. The van der Waals surface area contributed by atoms with Crippen LogP contribution in [0.5, 0.6) is 0 Å². The second-order valence-corrected chi connectivity index (χ2v) is 5.47. The van der Waals surface area contributed by atoms with Crippen LogP contribution in [0.4, 0.5) is 5.69 Å². The minimum atomic E-state index is 0.308. The highest BCUT2D eigenvalue weighted by molar-refractivity contribution is 6.30. The SMILES string of the molecule is CNCc1ccc(N(C)C(C)c2ccc(Cl)cc2)cc1. The lowest BCUT2D eigenvalue weighted by Gasteiger charge is -2.27. The van der Waals surface area contributed by atoms with Gasteiger partial charge in [-0.25, -0.2) is 0 Å². The number of benzene rings is 2. The number of nitrogens with one attached hydrogen (secondary N) is 1. The molecular formula is C17H21ClN2. The topological polar surface area (TPSA) is 15.3 Å². The molecule has 2 aromatic carbocycles. The summed E-state index contributed by atoms with van der Waals surface area (Å²) in [6.07, 6.45) is 0. The van der Waals surface area contributed by atoms with Crippen LogP contribution in [-0.4, -0.2) is 14.1 Å². The van der Waals surface area contributed by atoms with E-state index in [1.54, 1.807) is 0 Å². The summed E-state index contributed by atoms with van der Waals surface area (Å²) >= 11 is 5.94. The molecule has 0 aromatic heterocycles. The molecule has 1 N–H and O–H groups in total. The van der Waals surface area contributed by atoms with Gasteiger partial charge in [-0.1, -0.05) is 35.9 Å². The average Bonchev–Trinajstić information content (AvgIpc) is 2.48. The molecule has 0 heterocycles. The van der Waals surface area contributed by atoms with Crippen LogP contribution in [-0.2, 0) is 6.54 Å². The summed E-state index contributed by atoms with van der Waals surface area (Å²) in [7, 11) is 4.08. The summed E-state index contributed by atoms with van der Waals surface area (Å²) in [5, 5.41) is 3.94. The second-order valence-electron chi connectivity index (χ2n) is 5.04. The van der Waals surface area contributed by atoms with E-state index in [4.69, 9.17) is 11.6 Å². The Bertz CT molecular complexity index is 534. The van der Waals surface area contributed by atoms with Crippen molar-refractivity contribution in [2.75, 3.05) is 19.0 Å². The molecule has 0 fully saturated rings. The van der Waals surface area contributed by atoms with Gasteiger partial charge >= 0.3 is 0 Å². The highest BCUT2D eigenvalue weighted by atomic mass is 35.5. The van der Waals surface area contributed by atoms with Crippen LogP contribution < -0.4 is 10.2 Å².